The van der Waals surface area contributed by atoms with Gasteiger partial charge < -0.3 is 19.2 Å². The van der Waals surface area contributed by atoms with E-state index in [-0.39, 0.29) is 162 Å². The molecule has 0 bridgehead atoms. The minimum atomic E-state index is -5.14. The Kier molecular flexibility index (Phi) is 51.5. The number of rotatable bonds is 0. The zero-order chi connectivity index (χ0) is 4.50. The molecule has 9 heteroatoms. The Hall–Kier alpha value is 5.38. The molecule has 9 heavy (non-hydrogen) atoms. The minimum absolute atomic E-state index is 0. The Bertz CT molecular complexity index is 62.7. The molecule has 0 aliphatic rings. The van der Waals surface area contributed by atoms with E-state index in [1.807, 2.05) is 0 Å². The van der Waals surface area contributed by atoms with Crippen LogP contribution in [0.1, 0.15) is 0 Å². The SMILES string of the molecule is O=P([O-])([O-])O.[K+].[K+].[NaH].[NaH]. The molecule has 0 unspecified atom stereocenters. The summed E-state index contributed by atoms with van der Waals surface area (Å²) < 4.78 is 8.66. The van der Waals surface area contributed by atoms with Gasteiger partial charge in [0.15, 0.2) is 0 Å². The molecule has 0 amide bonds. The molecule has 0 atom stereocenters. The van der Waals surface area contributed by atoms with Crippen molar-refractivity contribution in [2.75, 3.05) is 0 Å². The second kappa shape index (κ2) is 15.8. The predicted octanol–water partition coefficient (Wildman–Crippen LogP) is -9.48. The third kappa shape index (κ3) is 59.8. The molecule has 0 fully saturated rings. The molecule has 0 saturated carbocycles. The van der Waals surface area contributed by atoms with Crippen LogP contribution in [0.2, 0.25) is 0 Å². The molecular formula is H3K2Na2O4P. The first-order valence-electron chi connectivity index (χ1n) is 0.748. The predicted molar refractivity (Wildman–Crippen MR) is 24.1 cm³/mol. The first kappa shape index (κ1) is 29.3. The molecule has 0 aromatic carbocycles. The van der Waals surface area contributed by atoms with Crippen molar-refractivity contribution in [2.24, 2.45) is 0 Å². The number of hydrogen-bond acceptors (Lipinski definition) is 3. The third-order valence-corrected chi connectivity index (χ3v) is 0. The molecule has 0 aromatic heterocycles. The molecular weight excluding hydrogens is 219 g/mol. The van der Waals surface area contributed by atoms with Crippen molar-refractivity contribution in [3.8, 4) is 0 Å². The van der Waals surface area contributed by atoms with Crippen LogP contribution in [-0.4, -0.2) is 64.0 Å². The fourth-order valence-corrected chi connectivity index (χ4v) is 0. The van der Waals surface area contributed by atoms with Crippen LogP contribution in [0, 0.1) is 0 Å². The van der Waals surface area contributed by atoms with Gasteiger partial charge in [-0.15, -0.1) is 0 Å². The van der Waals surface area contributed by atoms with Crippen LogP contribution in [0.15, 0.2) is 0 Å². The zero-order valence-corrected chi connectivity index (χ0v) is 11.3. The Morgan fingerprint density at radius 1 is 1.11 bits per heavy atom. The van der Waals surface area contributed by atoms with E-state index in [1.54, 1.807) is 0 Å². The van der Waals surface area contributed by atoms with Crippen LogP contribution >= 0.6 is 7.82 Å². The van der Waals surface area contributed by atoms with E-state index in [9.17, 15) is 0 Å². The van der Waals surface area contributed by atoms with Crippen LogP contribution < -0.4 is 113 Å². The first-order valence-corrected chi connectivity index (χ1v) is 2.24. The standard InChI is InChI=1S/2K.2Na.H3O4P.2H/c;;;;1-5(2,3)4;;/h;;;;(H3,1,2,3,4);;/q2*+1;;;;;/p-2. The fraction of sp³-hybridized carbons (Fsp3) is 0. The first-order chi connectivity index (χ1) is 2.00. The third-order valence-electron chi connectivity index (χ3n) is 0. The van der Waals surface area contributed by atoms with Crippen molar-refractivity contribution in [2.45, 2.75) is 0 Å². The van der Waals surface area contributed by atoms with E-state index in [4.69, 9.17) is 19.2 Å². The quantitative estimate of drug-likeness (QED) is 0.326. The molecule has 0 spiro atoms. The number of phosphoric acid groups is 1. The summed E-state index contributed by atoms with van der Waals surface area (Å²) in [7, 11) is -5.14. The Morgan fingerprint density at radius 3 is 1.11 bits per heavy atom. The van der Waals surface area contributed by atoms with Gasteiger partial charge in [0, 0.05) is 0 Å². The molecule has 0 heterocycles. The van der Waals surface area contributed by atoms with Gasteiger partial charge in [-0.3, -0.25) is 0 Å². The number of hydrogen-bond donors (Lipinski definition) is 1. The molecule has 0 rings (SSSR count). The van der Waals surface area contributed by atoms with Gasteiger partial charge >= 0.3 is 162 Å². The summed E-state index contributed by atoms with van der Waals surface area (Å²) in [5.74, 6) is 0. The summed E-state index contributed by atoms with van der Waals surface area (Å²) in [4.78, 5) is 24.3. The zero-order valence-electron chi connectivity index (χ0n) is 4.12. The monoisotopic (exact) mass is 222 g/mol. The molecule has 0 aliphatic heterocycles. The summed E-state index contributed by atoms with van der Waals surface area (Å²) in [5, 5.41) is 0. The van der Waals surface area contributed by atoms with Gasteiger partial charge in [0.2, 0.25) is 0 Å². The maximum atomic E-state index is 8.66. The molecule has 0 aromatic rings. The molecule has 36 valence electrons. The van der Waals surface area contributed by atoms with Crippen LogP contribution in [0.5, 0.6) is 0 Å². The van der Waals surface area contributed by atoms with E-state index >= 15 is 0 Å². The Balaban J connectivity index is -0.0000000133. The average molecular weight is 222 g/mol. The van der Waals surface area contributed by atoms with Gasteiger partial charge in [-0.25, -0.2) is 0 Å². The Morgan fingerprint density at radius 2 is 1.11 bits per heavy atom. The average Bonchev–Trinajstić information content (AvgIpc) is 0.722. The van der Waals surface area contributed by atoms with Crippen LogP contribution in [0.25, 0.3) is 0 Å². The van der Waals surface area contributed by atoms with Crippen LogP contribution in [-0.2, 0) is 4.57 Å². The topological polar surface area (TPSA) is 83.4 Å². The van der Waals surface area contributed by atoms with Crippen molar-refractivity contribution >= 4 is 66.9 Å². The van der Waals surface area contributed by atoms with Gasteiger partial charge in [-0.1, -0.05) is 0 Å². The van der Waals surface area contributed by atoms with Crippen molar-refractivity contribution in [3.63, 3.8) is 0 Å². The summed E-state index contributed by atoms with van der Waals surface area (Å²) in [6.45, 7) is 0. The molecule has 4 nitrogen and oxygen atoms in total. The summed E-state index contributed by atoms with van der Waals surface area (Å²) >= 11 is 0. The van der Waals surface area contributed by atoms with Crippen molar-refractivity contribution in [3.05, 3.63) is 0 Å². The van der Waals surface area contributed by atoms with E-state index < -0.39 is 7.82 Å². The second-order valence-electron chi connectivity index (χ2n) is 0.469. The van der Waals surface area contributed by atoms with Crippen molar-refractivity contribution < 1.29 is 122 Å². The summed E-state index contributed by atoms with van der Waals surface area (Å²) in [6.07, 6.45) is 0. The molecule has 1 N–H and O–H groups in total. The van der Waals surface area contributed by atoms with Gasteiger partial charge in [-0.2, -0.15) is 0 Å². The van der Waals surface area contributed by atoms with E-state index in [0.717, 1.165) is 0 Å². The van der Waals surface area contributed by atoms with Gasteiger partial charge in [-0.05, 0) is 0 Å². The maximum absolute atomic E-state index is 8.66. The van der Waals surface area contributed by atoms with E-state index in [1.165, 1.54) is 0 Å². The van der Waals surface area contributed by atoms with Crippen LogP contribution in [0.3, 0.4) is 0 Å². The molecule has 0 saturated heterocycles. The summed E-state index contributed by atoms with van der Waals surface area (Å²) in [6, 6.07) is 0. The summed E-state index contributed by atoms with van der Waals surface area (Å²) in [5.41, 5.74) is 0. The van der Waals surface area contributed by atoms with E-state index in [2.05, 4.69) is 0 Å². The molecule has 0 radical (unpaired) electrons. The second-order valence-corrected chi connectivity index (χ2v) is 1.41. The van der Waals surface area contributed by atoms with Crippen molar-refractivity contribution in [1.29, 1.82) is 0 Å². The van der Waals surface area contributed by atoms with Gasteiger partial charge in [0.1, 0.15) is 0 Å². The van der Waals surface area contributed by atoms with Crippen molar-refractivity contribution in [1.82, 2.24) is 0 Å². The Labute approximate surface area is 183 Å². The van der Waals surface area contributed by atoms with Crippen LogP contribution in [0.4, 0.5) is 0 Å². The molecule has 0 aliphatic carbocycles. The van der Waals surface area contributed by atoms with Gasteiger partial charge in [0.05, 0.1) is 7.82 Å². The van der Waals surface area contributed by atoms with Gasteiger partial charge in [0.25, 0.3) is 0 Å². The van der Waals surface area contributed by atoms with E-state index in [0.29, 0.717) is 0 Å². The fourth-order valence-electron chi connectivity index (χ4n) is 0. The normalized spacial score (nSPS) is 6.56.